The molecule has 0 aliphatic carbocycles. The molecule has 0 saturated heterocycles. The molecule has 1 unspecified atom stereocenters. The van der Waals surface area contributed by atoms with Crippen LogP contribution in [0.15, 0.2) is 24.3 Å². The predicted octanol–water partition coefficient (Wildman–Crippen LogP) is 3.40. The highest BCUT2D eigenvalue weighted by molar-refractivity contribution is 5.46. The molecule has 2 rings (SSSR count). The summed E-state index contributed by atoms with van der Waals surface area (Å²) in [6.45, 7) is 5.25. The summed E-state index contributed by atoms with van der Waals surface area (Å²) in [6, 6.07) is 5.85. The monoisotopic (exact) mass is 297 g/mol. The standard InChI is InChI=1S/C15H18F3N3/c1-9(19)6-12-4-5-14(13(8-12)15(16,17)18)21-11(3)7-10(2)20-21/h4-5,7-9H,6,19H2,1-3H3. The summed E-state index contributed by atoms with van der Waals surface area (Å²) >= 11 is 0. The van der Waals surface area contributed by atoms with Crippen molar-refractivity contribution in [1.29, 1.82) is 0 Å². The summed E-state index contributed by atoms with van der Waals surface area (Å²) in [5.74, 6) is 0. The van der Waals surface area contributed by atoms with Gasteiger partial charge in [-0.2, -0.15) is 18.3 Å². The Bertz CT molecular complexity index is 642. The molecule has 2 aromatic rings. The van der Waals surface area contributed by atoms with Crippen molar-refractivity contribution in [3.8, 4) is 5.69 Å². The van der Waals surface area contributed by atoms with Crippen LogP contribution < -0.4 is 5.73 Å². The number of alkyl halides is 3. The van der Waals surface area contributed by atoms with Gasteiger partial charge in [0.25, 0.3) is 0 Å². The smallest absolute Gasteiger partial charge is 0.328 e. The third-order valence-corrected chi connectivity index (χ3v) is 3.16. The molecule has 0 fully saturated rings. The van der Waals surface area contributed by atoms with Crippen LogP contribution in [0.25, 0.3) is 5.69 Å². The van der Waals surface area contributed by atoms with Gasteiger partial charge in [0.05, 0.1) is 16.9 Å². The molecule has 3 nitrogen and oxygen atoms in total. The molecule has 0 amide bonds. The number of benzene rings is 1. The van der Waals surface area contributed by atoms with Crippen molar-refractivity contribution in [2.75, 3.05) is 0 Å². The molecular weight excluding hydrogens is 279 g/mol. The summed E-state index contributed by atoms with van der Waals surface area (Å²) in [5, 5.41) is 4.14. The molecule has 0 bridgehead atoms. The van der Waals surface area contributed by atoms with Crippen LogP contribution in [0.2, 0.25) is 0 Å². The van der Waals surface area contributed by atoms with Gasteiger partial charge in [0.2, 0.25) is 0 Å². The third-order valence-electron chi connectivity index (χ3n) is 3.16. The first-order valence-electron chi connectivity index (χ1n) is 6.68. The minimum absolute atomic E-state index is 0.0431. The Morgan fingerprint density at radius 1 is 1.24 bits per heavy atom. The fourth-order valence-corrected chi connectivity index (χ4v) is 2.37. The quantitative estimate of drug-likeness (QED) is 0.943. The summed E-state index contributed by atoms with van der Waals surface area (Å²) in [7, 11) is 0. The van der Waals surface area contributed by atoms with E-state index in [1.54, 1.807) is 32.9 Å². The van der Waals surface area contributed by atoms with Gasteiger partial charge < -0.3 is 5.73 Å². The Labute approximate surface area is 121 Å². The maximum Gasteiger partial charge on any atom is 0.418 e. The summed E-state index contributed by atoms with van der Waals surface area (Å²) in [6.07, 6.45) is -4.03. The second kappa shape index (κ2) is 5.52. The van der Waals surface area contributed by atoms with Crippen molar-refractivity contribution >= 4 is 0 Å². The number of aromatic nitrogens is 2. The largest absolute Gasteiger partial charge is 0.418 e. The van der Waals surface area contributed by atoms with Gasteiger partial charge in [-0.3, -0.25) is 0 Å². The maximum absolute atomic E-state index is 13.3. The van der Waals surface area contributed by atoms with Crippen LogP contribution >= 0.6 is 0 Å². The van der Waals surface area contributed by atoms with Gasteiger partial charge >= 0.3 is 6.18 Å². The van der Waals surface area contributed by atoms with Gasteiger partial charge in [-0.15, -0.1) is 0 Å². The van der Waals surface area contributed by atoms with Gasteiger partial charge in [0.1, 0.15) is 0 Å². The van der Waals surface area contributed by atoms with Crippen LogP contribution in [0.5, 0.6) is 0 Å². The van der Waals surface area contributed by atoms with Crippen molar-refractivity contribution in [1.82, 2.24) is 9.78 Å². The lowest BCUT2D eigenvalue weighted by Gasteiger charge is -2.16. The molecule has 0 aliphatic heterocycles. The second-order valence-electron chi connectivity index (χ2n) is 5.37. The van der Waals surface area contributed by atoms with E-state index < -0.39 is 11.7 Å². The van der Waals surface area contributed by atoms with Crippen molar-refractivity contribution in [3.05, 3.63) is 46.8 Å². The van der Waals surface area contributed by atoms with E-state index >= 15 is 0 Å². The summed E-state index contributed by atoms with van der Waals surface area (Å²) in [4.78, 5) is 0. The SMILES string of the molecule is Cc1cc(C)n(-c2ccc(CC(C)N)cc2C(F)(F)F)n1. The average molecular weight is 297 g/mol. The topological polar surface area (TPSA) is 43.8 Å². The third kappa shape index (κ3) is 3.44. The predicted molar refractivity (Wildman–Crippen MR) is 75.4 cm³/mol. The Balaban J connectivity index is 2.58. The maximum atomic E-state index is 13.3. The molecular formula is C15H18F3N3. The minimum Gasteiger partial charge on any atom is -0.328 e. The van der Waals surface area contributed by atoms with E-state index in [4.69, 9.17) is 5.73 Å². The molecule has 1 aromatic carbocycles. The molecule has 6 heteroatoms. The zero-order valence-corrected chi connectivity index (χ0v) is 12.2. The van der Waals surface area contributed by atoms with Crippen molar-refractivity contribution in [3.63, 3.8) is 0 Å². The molecule has 0 aliphatic rings. The van der Waals surface area contributed by atoms with E-state index in [2.05, 4.69) is 5.10 Å². The normalized spacial score (nSPS) is 13.5. The van der Waals surface area contributed by atoms with Gasteiger partial charge in [-0.25, -0.2) is 4.68 Å². The molecule has 1 atom stereocenters. The van der Waals surface area contributed by atoms with Crippen LogP contribution in [0.4, 0.5) is 13.2 Å². The highest BCUT2D eigenvalue weighted by Gasteiger charge is 2.34. The fourth-order valence-electron chi connectivity index (χ4n) is 2.37. The summed E-state index contributed by atoms with van der Waals surface area (Å²) in [5.41, 5.74) is 6.93. The lowest BCUT2D eigenvalue weighted by Crippen LogP contribution is -2.19. The van der Waals surface area contributed by atoms with Crippen molar-refractivity contribution < 1.29 is 13.2 Å². The van der Waals surface area contributed by atoms with Gasteiger partial charge in [0.15, 0.2) is 0 Å². The number of hydrogen-bond acceptors (Lipinski definition) is 2. The Kier molecular flexibility index (Phi) is 4.09. The number of aryl methyl sites for hydroxylation is 2. The Hall–Kier alpha value is -1.82. The molecule has 21 heavy (non-hydrogen) atoms. The van der Waals surface area contributed by atoms with Crippen molar-refractivity contribution in [2.45, 2.75) is 39.4 Å². The van der Waals surface area contributed by atoms with E-state index in [-0.39, 0.29) is 11.7 Å². The van der Waals surface area contributed by atoms with Crippen LogP contribution in [0.3, 0.4) is 0 Å². The Morgan fingerprint density at radius 2 is 1.90 bits per heavy atom. The summed E-state index contributed by atoms with van der Waals surface area (Å²) < 4.78 is 41.3. The number of hydrogen-bond donors (Lipinski definition) is 1. The van der Waals surface area contributed by atoms with Gasteiger partial charge in [-0.1, -0.05) is 6.07 Å². The van der Waals surface area contributed by atoms with E-state index in [1.807, 2.05) is 0 Å². The second-order valence-corrected chi connectivity index (χ2v) is 5.37. The Morgan fingerprint density at radius 3 is 2.38 bits per heavy atom. The van der Waals surface area contributed by atoms with E-state index in [0.29, 0.717) is 23.4 Å². The van der Waals surface area contributed by atoms with E-state index in [0.717, 1.165) is 6.07 Å². The van der Waals surface area contributed by atoms with Crippen LogP contribution in [-0.2, 0) is 12.6 Å². The van der Waals surface area contributed by atoms with Crippen LogP contribution in [0.1, 0.15) is 29.4 Å². The van der Waals surface area contributed by atoms with E-state index in [9.17, 15) is 13.2 Å². The van der Waals surface area contributed by atoms with Gasteiger partial charge in [0, 0.05) is 11.7 Å². The highest BCUT2D eigenvalue weighted by atomic mass is 19.4. The molecule has 0 spiro atoms. The molecule has 2 N–H and O–H groups in total. The zero-order chi connectivity index (χ0) is 15.8. The van der Waals surface area contributed by atoms with Crippen molar-refractivity contribution in [2.24, 2.45) is 5.73 Å². The lowest BCUT2D eigenvalue weighted by atomic mass is 10.0. The number of halogens is 3. The average Bonchev–Trinajstić information content (AvgIpc) is 2.66. The van der Waals surface area contributed by atoms with Crippen LogP contribution in [-0.4, -0.2) is 15.8 Å². The first-order chi connectivity index (χ1) is 9.68. The number of nitrogens with two attached hydrogens (primary N) is 1. The molecule has 1 aromatic heterocycles. The highest BCUT2D eigenvalue weighted by Crippen LogP contribution is 2.35. The zero-order valence-electron chi connectivity index (χ0n) is 12.2. The fraction of sp³-hybridized carbons (Fsp3) is 0.400. The lowest BCUT2D eigenvalue weighted by molar-refractivity contribution is -0.137. The van der Waals surface area contributed by atoms with Gasteiger partial charge in [-0.05, 0) is 51.0 Å². The molecule has 1 heterocycles. The molecule has 114 valence electrons. The van der Waals surface area contributed by atoms with Crippen LogP contribution in [0, 0.1) is 13.8 Å². The van der Waals surface area contributed by atoms with E-state index in [1.165, 1.54) is 10.7 Å². The first-order valence-corrected chi connectivity index (χ1v) is 6.68. The molecule has 0 saturated carbocycles. The first kappa shape index (κ1) is 15.6. The minimum atomic E-state index is -4.44. The number of rotatable bonds is 3. The molecule has 0 radical (unpaired) electrons. The number of nitrogens with zero attached hydrogens (tertiary/aromatic N) is 2.